The lowest BCUT2D eigenvalue weighted by atomic mass is 10.1. The van der Waals surface area contributed by atoms with Crippen molar-refractivity contribution < 1.29 is 4.79 Å². The van der Waals surface area contributed by atoms with Gasteiger partial charge >= 0.3 is 0 Å². The molecule has 2 aromatic rings. The van der Waals surface area contributed by atoms with Crippen molar-refractivity contribution in [1.29, 1.82) is 0 Å². The van der Waals surface area contributed by atoms with Crippen molar-refractivity contribution in [2.24, 2.45) is 0 Å². The Hall–Kier alpha value is -1.37. The molecule has 0 spiro atoms. The molecule has 1 fully saturated rings. The number of piperazine rings is 1. The van der Waals surface area contributed by atoms with Gasteiger partial charge in [-0.05, 0) is 61.0 Å². The van der Waals surface area contributed by atoms with Gasteiger partial charge in [0, 0.05) is 31.2 Å². The quantitative estimate of drug-likeness (QED) is 0.823. The predicted octanol–water partition coefficient (Wildman–Crippen LogP) is 3.11. The zero-order chi connectivity index (χ0) is 16.6. The van der Waals surface area contributed by atoms with Crippen molar-refractivity contribution in [1.82, 2.24) is 20.0 Å². The highest BCUT2D eigenvalue weighted by atomic mass is 79.9. The van der Waals surface area contributed by atoms with Gasteiger partial charge in [0.2, 0.25) is 0 Å². The first-order chi connectivity index (χ1) is 11.0. The fourth-order valence-corrected chi connectivity index (χ4v) is 3.17. The van der Waals surface area contributed by atoms with Crippen LogP contribution in [0.2, 0.25) is 0 Å². The SMILES string of the molecule is Cc1nn(-c2ccc(C(=O)N3CCNC(C)C3)cc2)c(C)c1Br.Cl. The maximum atomic E-state index is 12.6. The summed E-state index contributed by atoms with van der Waals surface area (Å²) in [5.41, 5.74) is 3.69. The molecular weight excluding hydrogens is 392 g/mol. The number of aromatic nitrogens is 2. The Labute approximate surface area is 157 Å². The first-order valence-corrected chi connectivity index (χ1v) is 8.61. The molecule has 7 heteroatoms. The molecule has 1 aliphatic rings. The Morgan fingerprint density at radius 3 is 2.50 bits per heavy atom. The van der Waals surface area contributed by atoms with Crippen LogP contribution in [-0.2, 0) is 0 Å². The molecular formula is C17H22BrClN4O. The van der Waals surface area contributed by atoms with E-state index in [1.165, 1.54) is 0 Å². The molecule has 1 saturated heterocycles. The van der Waals surface area contributed by atoms with Gasteiger partial charge in [-0.15, -0.1) is 12.4 Å². The zero-order valence-electron chi connectivity index (χ0n) is 14.0. The minimum Gasteiger partial charge on any atom is -0.336 e. The fourth-order valence-electron chi connectivity index (χ4n) is 2.92. The number of nitrogens with zero attached hydrogens (tertiary/aromatic N) is 3. The van der Waals surface area contributed by atoms with Crippen LogP contribution < -0.4 is 5.32 Å². The van der Waals surface area contributed by atoms with Crippen LogP contribution in [0.1, 0.15) is 28.7 Å². The summed E-state index contributed by atoms with van der Waals surface area (Å²) in [6, 6.07) is 8.01. The van der Waals surface area contributed by atoms with E-state index < -0.39 is 0 Å². The summed E-state index contributed by atoms with van der Waals surface area (Å²) in [5.74, 6) is 0.0967. The van der Waals surface area contributed by atoms with Crippen LogP contribution in [0.3, 0.4) is 0 Å². The molecule has 130 valence electrons. The highest BCUT2D eigenvalue weighted by Crippen LogP contribution is 2.23. The number of aryl methyl sites for hydroxylation is 1. The molecule has 5 nitrogen and oxygen atoms in total. The van der Waals surface area contributed by atoms with Gasteiger partial charge in [-0.3, -0.25) is 4.79 Å². The summed E-state index contributed by atoms with van der Waals surface area (Å²) < 4.78 is 2.91. The average molecular weight is 414 g/mol. The van der Waals surface area contributed by atoms with Gasteiger partial charge in [0.1, 0.15) is 0 Å². The van der Waals surface area contributed by atoms with E-state index in [0.29, 0.717) is 6.04 Å². The van der Waals surface area contributed by atoms with E-state index >= 15 is 0 Å². The highest BCUT2D eigenvalue weighted by molar-refractivity contribution is 9.10. The Kier molecular flexibility index (Phi) is 6.06. The number of carbonyl (C=O) groups is 1. The van der Waals surface area contributed by atoms with Crippen molar-refractivity contribution in [3.63, 3.8) is 0 Å². The number of halogens is 2. The Morgan fingerprint density at radius 1 is 1.29 bits per heavy atom. The summed E-state index contributed by atoms with van der Waals surface area (Å²) >= 11 is 3.54. The van der Waals surface area contributed by atoms with Crippen LogP contribution in [0, 0.1) is 13.8 Å². The Bertz CT molecular complexity index is 729. The number of hydrogen-bond acceptors (Lipinski definition) is 3. The van der Waals surface area contributed by atoms with E-state index in [4.69, 9.17) is 0 Å². The van der Waals surface area contributed by atoms with E-state index in [9.17, 15) is 4.79 Å². The van der Waals surface area contributed by atoms with Crippen LogP contribution in [-0.4, -0.2) is 46.3 Å². The molecule has 1 aliphatic heterocycles. The van der Waals surface area contributed by atoms with Crippen LogP contribution in [0.4, 0.5) is 0 Å². The number of hydrogen-bond donors (Lipinski definition) is 1. The fraction of sp³-hybridized carbons (Fsp3) is 0.412. The number of rotatable bonds is 2. The van der Waals surface area contributed by atoms with E-state index in [-0.39, 0.29) is 18.3 Å². The summed E-state index contributed by atoms with van der Waals surface area (Å²) in [6.45, 7) is 8.45. The number of nitrogens with one attached hydrogen (secondary N) is 1. The molecule has 0 aliphatic carbocycles. The second-order valence-electron chi connectivity index (χ2n) is 6.05. The first-order valence-electron chi connectivity index (χ1n) is 7.82. The predicted molar refractivity (Wildman–Crippen MR) is 101 cm³/mol. The van der Waals surface area contributed by atoms with Crippen molar-refractivity contribution in [3.05, 3.63) is 45.7 Å². The Morgan fingerprint density at radius 2 is 1.96 bits per heavy atom. The van der Waals surface area contributed by atoms with Gasteiger partial charge in [0.15, 0.2) is 0 Å². The van der Waals surface area contributed by atoms with Crippen LogP contribution in [0.25, 0.3) is 5.69 Å². The normalized spacial score (nSPS) is 17.5. The standard InChI is InChI=1S/C17H21BrN4O.ClH/c1-11-10-21(9-8-19-11)17(23)14-4-6-15(7-5-14)22-13(3)16(18)12(2)20-22;/h4-7,11,19H,8-10H2,1-3H3;1H. The molecule has 0 radical (unpaired) electrons. The van der Waals surface area contributed by atoms with Gasteiger partial charge in [0.25, 0.3) is 5.91 Å². The van der Waals surface area contributed by atoms with Gasteiger partial charge in [-0.25, -0.2) is 4.68 Å². The average Bonchev–Trinajstić information content (AvgIpc) is 2.82. The molecule has 3 rings (SSSR count). The van der Waals surface area contributed by atoms with Gasteiger partial charge in [-0.1, -0.05) is 0 Å². The molecule has 1 N–H and O–H groups in total. The van der Waals surface area contributed by atoms with E-state index in [2.05, 4.69) is 33.3 Å². The van der Waals surface area contributed by atoms with Gasteiger partial charge in [-0.2, -0.15) is 5.10 Å². The van der Waals surface area contributed by atoms with Crippen molar-refractivity contribution in [2.75, 3.05) is 19.6 Å². The third kappa shape index (κ3) is 3.66. The van der Waals surface area contributed by atoms with E-state index in [0.717, 1.165) is 46.7 Å². The summed E-state index contributed by atoms with van der Waals surface area (Å²) in [6.07, 6.45) is 0. The van der Waals surface area contributed by atoms with Crippen molar-refractivity contribution in [3.8, 4) is 5.69 Å². The highest BCUT2D eigenvalue weighted by Gasteiger charge is 2.21. The molecule has 1 aromatic carbocycles. The number of benzene rings is 1. The van der Waals surface area contributed by atoms with Crippen LogP contribution >= 0.6 is 28.3 Å². The van der Waals surface area contributed by atoms with Gasteiger partial charge < -0.3 is 10.2 Å². The van der Waals surface area contributed by atoms with Crippen LogP contribution in [0.15, 0.2) is 28.7 Å². The lowest BCUT2D eigenvalue weighted by Gasteiger charge is -2.32. The maximum Gasteiger partial charge on any atom is 0.253 e. The topological polar surface area (TPSA) is 50.2 Å². The lowest BCUT2D eigenvalue weighted by Crippen LogP contribution is -2.51. The molecule has 1 atom stereocenters. The number of carbonyl (C=O) groups excluding carboxylic acids is 1. The molecule has 1 amide bonds. The molecule has 24 heavy (non-hydrogen) atoms. The molecule has 2 heterocycles. The lowest BCUT2D eigenvalue weighted by molar-refractivity contribution is 0.0709. The summed E-state index contributed by atoms with van der Waals surface area (Å²) in [4.78, 5) is 14.5. The maximum absolute atomic E-state index is 12.6. The molecule has 1 aromatic heterocycles. The Balaban J connectivity index is 0.00000208. The van der Waals surface area contributed by atoms with E-state index in [1.54, 1.807) is 0 Å². The van der Waals surface area contributed by atoms with Crippen LogP contribution in [0.5, 0.6) is 0 Å². The van der Waals surface area contributed by atoms with E-state index in [1.807, 2.05) is 47.7 Å². The zero-order valence-corrected chi connectivity index (χ0v) is 16.4. The first kappa shape index (κ1) is 19.0. The van der Waals surface area contributed by atoms with Crippen molar-refractivity contribution in [2.45, 2.75) is 26.8 Å². The van der Waals surface area contributed by atoms with Gasteiger partial charge in [0.05, 0.1) is 21.5 Å². The summed E-state index contributed by atoms with van der Waals surface area (Å²) in [5, 5.41) is 7.87. The monoisotopic (exact) mass is 412 g/mol. The largest absolute Gasteiger partial charge is 0.336 e. The smallest absolute Gasteiger partial charge is 0.253 e. The second kappa shape index (κ2) is 7.68. The summed E-state index contributed by atoms with van der Waals surface area (Å²) in [7, 11) is 0. The number of amides is 1. The third-order valence-electron chi connectivity index (χ3n) is 4.22. The minimum atomic E-state index is 0. The molecule has 0 saturated carbocycles. The second-order valence-corrected chi connectivity index (χ2v) is 6.84. The molecule has 0 bridgehead atoms. The molecule has 1 unspecified atom stereocenters. The minimum absolute atomic E-state index is 0. The third-order valence-corrected chi connectivity index (χ3v) is 5.37. The van der Waals surface area contributed by atoms with Crippen molar-refractivity contribution >= 4 is 34.2 Å².